The third kappa shape index (κ3) is 2.71. The number of benzene rings is 1. The van der Waals surface area contributed by atoms with Crippen molar-refractivity contribution in [2.75, 3.05) is 5.32 Å². The topological polar surface area (TPSA) is 38.0 Å². The van der Waals surface area contributed by atoms with Crippen molar-refractivity contribution in [1.82, 2.24) is 0 Å². The largest absolute Gasteiger partial charge is 0.383 e. The van der Waals surface area contributed by atoms with E-state index >= 15 is 0 Å². The normalized spacial score (nSPS) is 10.5. The molecule has 13 heavy (non-hydrogen) atoms. The Bertz CT molecular complexity index is 284. The van der Waals surface area contributed by atoms with E-state index in [1.54, 1.807) is 0 Å². The van der Waals surface area contributed by atoms with Crippen molar-refractivity contribution in [1.29, 1.82) is 0 Å². The van der Waals surface area contributed by atoms with E-state index in [2.05, 4.69) is 35.1 Å². The van der Waals surface area contributed by atoms with Gasteiger partial charge in [0.25, 0.3) is 0 Å². The molecule has 0 saturated carbocycles. The highest BCUT2D eigenvalue weighted by Crippen LogP contribution is 2.24. The van der Waals surface area contributed by atoms with Crippen LogP contribution in [0.5, 0.6) is 0 Å². The maximum absolute atomic E-state index is 5.66. The molecule has 0 aromatic heterocycles. The maximum atomic E-state index is 5.66. The van der Waals surface area contributed by atoms with E-state index in [1.165, 1.54) is 0 Å². The standard InChI is InChI=1S/C10H15BrN2/c1-7(2)13-10-5-3-4-9(11)8(10)6-12/h3-5,7,13H,6,12H2,1-2H3. The first-order valence-electron chi connectivity index (χ1n) is 4.39. The van der Waals surface area contributed by atoms with Gasteiger partial charge in [0.15, 0.2) is 0 Å². The van der Waals surface area contributed by atoms with Gasteiger partial charge in [0.1, 0.15) is 0 Å². The molecule has 1 aromatic rings. The highest BCUT2D eigenvalue weighted by molar-refractivity contribution is 9.10. The first-order valence-corrected chi connectivity index (χ1v) is 5.18. The second kappa shape index (κ2) is 4.63. The van der Waals surface area contributed by atoms with Crippen LogP contribution in [0.25, 0.3) is 0 Å². The molecule has 0 aliphatic carbocycles. The summed E-state index contributed by atoms with van der Waals surface area (Å²) in [5.41, 5.74) is 7.91. The third-order valence-electron chi connectivity index (χ3n) is 1.77. The van der Waals surface area contributed by atoms with Crippen molar-refractivity contribution in [3.8, 4) is 0 Å². The average Bonchev–Trinajstić information content (AvgIpc) is 2.03. The van der Waals surface area contributed by atoms with Crippen LogP contribution >= 0.6 is 15.9 Å². The Balaban J connectivity index is 2.98. The molecule has 3 N–H and O–H groups in total. The number of rotatable bonds is 3. The zero-order valence-electron chi connectivity index (χ0n) is 7.97. The SMILES string of the molecule is CC(C)Nc1cccc(Br)c1CN. The molecule has 0 heterocycles. The van der Waals surface area contributed by atoms with Crippen molar-refractivity contribution in [3.05, 3.63) is 28.2 Å². The molecule has 0 amide bonds. The molecule has 0 unspecified atom stereocenters. The molecule has 0 spiro atoms. The average molecular weight is 243 g/mol. The lowest BCUT2D eigenvalue weighted by Gasteiger charge is -2.14. The number of nitrogens with two attached hydrogens (primary N) is 1. The molecule has 0 aliphatic rings. The molecule has 0 fully saturated rings. The molecule has 0 atom stereocenters. The predicted molar refractivity (Wildman–Crippen MR) is 60.8 cm³/mol. The van der Waals surface area contributed by atoms with E-state index in [1.807, 2.05) is 18.2 Å². The minimum Gasteiger partial charge on any atom is -0.383 e. The summed E-state index contributed by atoms with van der Waals surface area (Å²) in [6.45, 7) is 4.78. The minimum absolute atomic E-state index is 0.430. The fourth-order valence-electron chi connectivity index (χ4n) is 1.21. The van der Waals surface area contributed by atoms with Crippen LogP contribution in [-0.4, -0.2) is 6.04 Å². The number of anilines is 1. The number of hydrogen-bond acceptors (Lipinski definition) is 2. The summed E-state index contributed by atoms with van der Waals surface area (Å²) in [4.78, 5) is 0. The van der Waals surface area contributed by atoms with Crippen LogP contribution in [-0.2, 0) is 6.54 Å². The highest BCUT2D eigenvalue weighted by Gasteiger charge is 2.04. The molecule has 0 saturated heterocycles. The van der Waals surface area contributed by atoms with Crippen LogP contribution < -0.4 is 11.1 Å². The number of nitrogens with one attached hydrogen (secondary N) is 1. The first kappa shape index (κ1) is 10.5. The van der Waals surface area contributed by atoms with E-state index in [4.69, 9.17) is 5.73 Å². The molecule has 1 aromatic carbocycles. The summed E-state index contributed by atoms with van der Waals surface area (Å²) in [6.07, 6.45) is 0. The lowest BCUT2D eigenvalue weighted by atomic mass is 10.1. The van der Waals surface area contributed by atoms with Gasteiger partial charge in [-0.05, 0) is 26.0 Å². The van der Waals surface area contributed by atoms with E-state index in [0.29, 0.717) is 12.6 Å². The van der Waals surface area contributed by atoms with Gasteiger partial charge in [0.05, 0.1) is 0 Å². The lowest BCUT2D eigenvalue weighted by molar-refractivity contribution is 0.891. The first-order chi connectivity index (χ1) is 6.15. The van der Waals surface area contributed by atoms with Gasteiger partial charge in [-0.1, -0.05) is 22.0 Å². The van der Waals surface area contributed by atoms with E-state index < -0.39 is 0 Å². The van der Waals surface area contributed by atoms with Crippen LogP contribution in [0, 0.1) is 0 Å². The quantitative estimate of drug-likeness (QED) is 0.856. The van der Waals surface area contributed by atoms with Gasteiger partial charge in [-0.3, -0.25) is 0 Å². The second-order valence-corrected chi connectivity index (χ2v) is 4.12. The Labute approximate surface area is 87.6 Å². The van der Waals surface area contributed by atoms with Gasteiger partial charge < -0.3 is 11.1 Å². The van der Waals surface area contributed by atoms with Crippen molar-refractivity contribution in [2.45, 2.75) is 26.4 Å². The molecule has 3 heteroatoms. The summed E-state index contributed by atoms with van der Waals surface area (Å²) < 4.78 is 1.07. The summed E-state index contributed by atoms with van der Waals surface area (Å²) in [5.74, 6) is 0. The van der Waals surface area contributed by atoms with Gasteiger partial charge in [0.2, 0.25) is 0 Å². The molecule has 72 valence electrons. The fourth-order valence-corrected chi connectivity index (χ4v) is 1.74. The lowest BCUT2D eigenvalue weighted by Crippen LogP contribution is -2.13. The Hall–Kier alpha value is -0.540. The highest BCUT2D eigenvalue weighted by atomic mass is 79.9. The summed E-state index contributed by atoms with van der Waals surface area (Å²) in [7, 11) is 0. The zero-order valence-corrected chi connectivity index (χ0v) is 9.56. The molecular formula is C10H15BrN2. The van der Waals surface area contributed by atoms with Gasteiger partial charge in [0, 0.05) is 28.3 Å². The molecule has 2 nitrogen and oxygen atoms in total. The van der Waals surface area contributed by atoms with Crippen LogP contribution in [0.3, 0.4) is 0 Å². The van der Waals surface area contributed by atoms with Crippen molar-refractivity contribution in [2.24, 2.45) is 5.73 Å². The van der Waals surface area contributed by atoms with Gasteiger partial charge in [-0.25, -0.2) is 0 Å². The minimum atomic E-state index is 0.430. The maximum Gasteiger partial charge on any atom is 0.0399 e. The Morgan fingerprint density at radius 3 is 2.69 bits per heavy atom. The molecule has 1 rings (SSSR count). The third-order valence-corrected chi connectivity index (χ3v) is 2.51. The van der Waals surface area contributed by atoms with Crippen molar-refractivity contribution in [3.63, 3.8) is 0 Å². The Morgan fingerprint density at radius 1 is 1.46 bits per heavy atom. The van der Waals surface area contributed by atoms with Gasteiger partial charge >= 0.3 is 0 Å². The van der Waals surface area contributed by atoms with Crippen molar-refractivity contribution < 1.29 is 0 Å². The van der Waals surface area contributed by atoms with Crippen molar-refractivity contribution >= 4 is 21.6 Å². The summed E-state index contributed by atoms with van der Waals surface area (Å²) in [6, 6.07) is 6.49. The van der Waals surface area contributed by atoms with Gasteiger partial charge in [-0.15, -0.1) is 0 Å². The molecule has 0 bridgehead atoms. The molecule has 0 aliphatic heterocycles. The van der Waals surface area contributed by atoms with Crippen LogP contribution in [0.4, 0.5) is 5.69 Å². The smallest absolute Gasteiger partial charge is 0.0399 e. The zero-order chi connectivity index (χ0) is 9.84. The molecular weight excluding hydrogens is 228 g/mol. The van der Waals surface area contributed by atoms with Crippen LogP contribution in [0.15, 0.2) is 22.7 Å². The summed E-state index contributed by atoms with van der Waals surface area (Å²) in [5, 5.41) is 3.36. The number of halogens is 1. The molecule has 0 radical (unpaired) electrons. The predicted octanol–water partition coefficient (Wildman–Crippen LogP) is 2.73. The monoisotopic (exact) mass is 242 g/mol. The van der Waals surface area contributed by atoms with E-state index in [9.17, 15) is 0 Å². The Kier molecular flexibility index (Phi) is 3.75. The van der Waals surface area contributed by atoms with Gasteiger partial charge in [-0.2, -0.15) is 0 Å². The van der Waals surface area contributed by atoms with E-state index in [0.717, 1.165) is 15.7 Å². The van der Waals surface area contributed by atoms with Crippen LogP contribution in [0.1, 0.15) is 19.4 Å². The van der Waals surface area contributed by atoms with E-state index in [-0.39, 0.29) is 0 Å². The Morgan fingerprint density at radius 2 is 2.15 bits per heavy atom. The summed E-state index contributed by atoms with van der Waals surface area (Å²) >= 11 is 3.48. The fraction of sp³-hybridized carbons (Fsp3) is 0.400. The second-order valence-electron chi connectivity index (χ2n) is 3.27. The number of hydrogen-bond donors (Lipinski definition) is 2. The van der Waals surface area contributed by atoms with Crippen LogP contribution in [0.2, 0.25) is 0 Å².